The van der Waals surface area contributed by atoms with Gasteiger partial charge in [-0.3, -0.25) is 0 Å². The third-order valence-electron chi connectivity index (χ3n) is 1.92. The minimum atomic E-state index is -2.53. The SMILES string of the molecule is FC1(F)CN(c2cccnc2Br)C1. The number of hydrogen-bond acceptors (Lipinski definition) is 2. The van der Waals surface area contributed by atoms with Gasteiger partial charge in [-0.25, -0.2) is 13.8 Å². The number of alkyl halides is 2. The van der Waals surface area contributed by atoms with Gasteiger partial charge in [-0.1, -0.05) is 0 Å². The van der Waals surface area contributed by atoms with Crippen LogP contribution in [0.1, 0.15) is 0 Å². The number of aromatic nitrogens is 1. The first-order valence-electron chi connectivity index (χ1n) is 3.82. The summed E-state index contributed by atoms with van der Waals surface area (Å²) < 4.78 is 25.7. The van der Waals surface area contributed by atoms with Crippen LogP contribution in [-0.4, -0.2) is 24.0 Å². The van der Waals surface area contributed by atoms with Gasteiger partial charge in [-0.05, 0) is 28.1 Å². The number of nitrogens with zero attached hydrogens (tertiary/aromatic N) is 2. The number of pyridine rings is 1. The molecule has 1 aromatic rings. The van der Waals surface area contributed by atoms with Crippen LogP contribution in [0.25, 0.3) is 0 Å². The molecular weight excluding hydrogens is 242 g/mol. The zero-order valence-electron chi connectivity index (χ0n) is 6.67. The van der Waals surface area contributed by atoms with Gasteiger partial charge in [0, 0.05) is 6.20 Å². The lowest BCUT2D eigenvalue weighted by atomic mass is 10.1. The second-order valence-electron chi connectivity index (χ2n) is 3.03. The molecule has 13 heavy (non-hydrogen) atoms. The molecule has 0 unspecified atom stereocenters. The number of halogens is 3. The van der Waals surface area contributed by atoms with Gasteiger partial charge < -0.3 is 4.90 Å². The fraction of sp³-hybridized carbons (Fsp3) is 0.375. The molecule has 1 aliphatic heterocycles. The summed E-state index contributed by atoms with van der Waals surface area (Å²) in [6, 6.07) is 3.50. The average Bonchev–Trinajstić information content (AvgIpc) is 2.01. The predicted molar refractivity (Wildman–Crippen MR) is 49.1 cm³/mol. The molecule has 5 heteroatoms. The molecule has 0 atom stereocenters. The standard InChI is InChI=1S/C8H7BrF2N2/c9-7-6(2-1-3-12-7)13-4-8(10,11)5-13/h1-3H,4-5H2. The molecule has 1 aliphatic rings. The smallest absolute Gasteiger partial charge is 0.282 e. The summed E-state index contributed by atoms with van der Waals surface area (Å²) in [5, 5.41) is 0. The molecule has 0 saturated carbocycles. The van der Waals surface area contributed by atoms with Crippen molar-refractivity contribution in [3.8, 4) is 0 Å². The van der Waals surface area contributed by atoms with Crippen LogP contribution in [0.2, 0.25) is 0 Å². The van der Waals surface area contributed by atoms with Crippen molar-refractivity contribution in [1.29, 1.82) is 0 Å². The first kappa shape index (κ1) is 8.87. The molecule has 0 radical (unpaired) electrons. The molecule has 0 aliphatic carbocycles. The Morgan fingerprint density at radius 3 is 2.69 bits per heavy atom. The molecule has 1 fully saturated rings. The topological polar surface area (TPSA) is 16.1 Å². The molecule has 2 heterocycles. The van der Waals surface area contributed by atoms with E-state index >= 15 is 0 Å². The van der Waals surface area contributed by atoms with E-state index in [1.54, 1.807) is 23.2 Å². The van der Waals surface area contributed by atoms with Crippen LogP contribution in [0.5, 0.6) is 0 Å². The van der Waals surface area contributed by atoms with E-state index in [9.17, 15) is 8.78 Å². The molecule has 0 N–H and O–H groups in total. The van der Waals surface area contributed by atoms with Crippen LogP contribution in [-0.2, 0) is 0 Å². The van der Waals surface area contributed by atoms with Crippen molar-refractivity contribution in [3.63, 3.8) is 0 Å². The van der Waals surface area contributed by atoms with Crippen molar-refractivity contribution in [2.24, 2.45) is 0 Å². The number of anilines is 1. The summed E-state index contributed by atoms with van der Waals surface area (Å²) in [7, 11) is 0. The third-order valence-corrected chi connectivity index (χ3v) is 2.54. The molecule has 2 rings (SSSR count). The average molecular weight is 249 g/mol. The van der Waals surface area contributed by atoms with E-state index in [2.05, 4.69) is 20.9 Å². The van der Waals surface area contributed by atoms with Crippen LogP contribution in [0, 0.1) is 0 Å². The Morgan fingerprint density at radius 1 is 1.46 bits per heavy atom. The Bertz CT molecular complexity index is 322. The van der Waals surface area contributed by atoms with E-state index in [1.165, 1.54) is 0 Å². The second kappa shape index (κ2) is 2.90. The first-order valence-corrected chi connectivity index (χ1v) is 4.61. The summed E-state index contributed by atoms with van der Waals surface area (Å²) >= 11 is 3.21. The highest BCUT2D eigenvalue weighted by atomic mass is 79.9. The van der Waals surface area contributed by atoms with Crippen molar-refractivity contribution < 1.29 is 8.78 Å². The molecule has 0 amide bonds. The molecule has 1 aromatic heterocycles. The van der Waals surface area contributed by atoms with Crippen LogP contribution in [0.3, 0.4) is 0 Å². The molecular formula is C8H7BrF2N2. The third kappa shape index (κ3) is 1.65. The lowest BCUT2D eigenvalue weighted by molar-refractivity contribution is -0.0263. The Labute approximate surface area is 82.7 Å². The fourth-order valence-electron chi connectivity index (χ4n) is 1.30. The monoisotopic (exact) mass is 248 g/mol. The van der Waals surface area contributed by atoms with E-state index in [1.807, 2.05) is 0 Å². The second-order valence-corrected chi connectivity index (χ2v) is 3.78. The van der Waals surface area contributed by atoms with Crippen molar-refractivity contribution in [2.75, 3.05) is 18.0 Å². The van der Waals surface area contributed by atoms with Crippen LogP contribution < -0.4 is 4.90 Å². The maximum Gasteiger partial charge on any atom is 0.282 e. The summed E-state index contributed by atoms with van der Waals surface area (Å²) in [4.78, 5) is 5.55. The van der Waals surface area contributed by atoms with Gasteiger partial charge in [0.1, 0.15) is 4.60 Å². The quantitative estimate of drug-likeness (QED) is 0.710. The normalized spacial score (nSPS) is 19.8. The lowest BCUT2D eigenvalue weighted by Crippen LogP contribution is -2.56. The van der Waals surface area contributed by atoms with Gasteiger partial charge in [-0.2, -0.15) is 0 Å². The van der Waals surface area contributed by atoms with Crippen LogP contribution in [0.4, 0.5) is 14.5 Å². The first-order chi connectivity index (χ1) is 6.08. The van der Waals surface area contributed by atoms with Gasteiger partial charge >= 0.3 is 0 Å². The predicted octanol–water partition coefficient (Wildman–Crippen LogP) is 2.30. The summed E-state index contributed by atoms with van der Waals surface area (Å²) in [6.07, 6.45) is 1.62. The molecule has 70 valence electrons. The van der Waals surface area contributed by atoms with Gasteiger partial charge in [0.25, 0.3) is 5.92 Å². The van der Waals surface area contributed by atoms with Gasteiger partial charge in [0.2, 0.25) is 0 Å². The lowest BCUT2D eigenvalue weighted by Gasteiger charge is -2.40. The highest BCUT2D eigenvalue weighted by molar-refractivity contribution is 9.10. The largest absolute Gasteiger partial charge is 0.357 e. The molecule has 0 spiro atoms. The summed E-state index contributed by atoms with van der Waals surface area (Å²) in [6.45, 7) is -0.422. The molecule has 2 nitrogen and oxygen atoms in total. The number of hydrogen-bond donors (Lipinski definition) is 0. The zero-order chi connectivity index (χ0) is 9.47. The number of rotatable bonds is 1. The zero-order valence-corrected chi connectivity index (χ0v) is 8.26. The van der Waals surface area contributed by atoms with Crippen LogP contribution in [0.15, 0.2) is 22.9 Å². The highest BCUT2D eigenvalue weighted by Gasteiger charge is 2.44. The van der Waals surface area contributed by atoms with Gasteiger partial charge in [-0.15, -0.1) is 0 Å². The van der Waals surface area contributed by atoms with Crippen LogP contribution >= 0.6 is 15.9 Å². The minimum absolute atomic E-state index is 0.211. The highest BCUT2D eigenvalue weighted by Crippen LogP contribution is 2.34. The summed E-state index contributed by atoms with van der Waals surface area (Å²) in [5.74, 6) is -2.53. The molecule has 0 bridgehead atoms. The van der Waals surface area contributed by atoms with E-state index in [0.717, 1.165) is 5.69 Å². The Balaban J connectivity index is 2.16. The van der Waals surface area contributed by atoms with Gasteiger partial charge in [0.05, 0.1) is 18.8 Å². The Morgan fingerprint density at radius 2 is 2.15 bits per heavy atom. The fourth-order valence-corrected chi connectivity index (χ4v) is 1.80. The Kier molecular flexibility index (Phi) is 1.98. The van der Waals surface area contributed by atoms with E-state index < -0.39 is 5.92 Å². The maximum absolute atomic E-state index is 12.5. The molecule has 0 aromatic carbocycles. The minimum Gasteiger partial charge on any atom is -0.357 e. The van der Waals surface area contributed by atoms with Crippen molar-refractivity contribution in [3.05, 3.63) is 22.9 Å². The Hall–Kier alpha value is -0.710. The van der Waals surface area contributed by atoms with E-state index in [4.69, 9.17) is 0 Å². The van der Waals surface area contributed by atoms with Crippen molar-refractivity contribution in [1.82, 2.24) is 4.98 Å². The van der Waals surface area contributed by atoms with Crippen molar-refractivity contribution >= 4 is 21.6 Å². The summed E-state index contributed by atoms with van der Waals surface area (Å²) in [5.41, 5.74) is 0.730. The van der Waals surface area contributed by atoms with Gasteiger partial charge in [0.15, 0.2) is 0 Å². The van der Waals surface area contributed by atoms with E-state index in [0.29, 0.717) is 4.60 Å². The van der Waals surface area contributed by atoms with Crippen molar-refractivity contribution in [2.45, 2.75) is 5.92 Å². The maximum atomic E-state index is 12.5. The molecule has 1 saturated heterocycles. The van der Waals surface area contributed by atoms with E-state index in [-0.39, 0.29) is 13.1 Å².